The maximum Gasteiger partial charge on any atom is 0.254 e. The molecule has 1 amide bonds. The van der Waals surface area contributed by atoms with Gasteiger partial charge in [0, 0.05) is 37.6 Å². The topological polar surface area (TPSA) is 65.1 Å². The quantitative estimate of drug-likeness (QED) is 0.942. The van der Waals surface area contributed by atoms with Gasteiger partial charge in [0.25, 0.3) is 5.91 Å². The Kier molecular flexibility index (Phi) is 4.19. The molecule has 0 spiro atoms. The summed E-state index contributed by atoms with van der Waals surface area (Å²) < 4.78 is 0. The predicted octanol–water partition coefficient (Wildman–Crippen LogP) is 2.77. The second kappa shape index (κ2) is 6.63. The van der Waals surface area contributed by atoms with E-state index in [4.69, 9.17) is 0 Å². The molecule has 2 saturated heterocycles. The highest BCUT2D eigenvalue weighted by Crippen LogP contribution is 2.31. The summed E-state index contributed by atoms with van der Waals surface area (Å²) in [7, 11) is 0. The molecule has 0 saturated carbocycles. The van der Waals surface area contributed by atoms with Gasteiger partial charge < -0.3 is 9.80 Å². The number of amides is 1. The number of hydrogen-bond donors (Lipinski definition) is 1. The van der Waals surface area contributed by atoms with Gasteiger partial charge in [-0.2, -0.15) is 5.10 Å². The number of aromatic nitrogens is 3. The molecular formula is C18H23N5O. The number of carbonyl (C=O) groups excluding carboxylic acids is 1. The first-order valence-electron chi connectivity index (χ1n) is 8.84. The Bertz CT molecular complexity index is 693. The third-order valence-corrected chi connectivity index (χ3v) is 5.07. The number of pyridine rings is 1. The van der Waals surface area contributed by atoms with Crippen molar-refractivity contribution < 1.29 is 4.79 Å². The number of aromatic amines is 1. The van der Waals surface area contributed by atoms with Gasteiger partial charge in [0.15, 0.2) is 0 Å². The molecule has 4 rings (SSSR count). The molecule has 0 radical (unpaired) electrons. The Hall–Kier alpha value is -2.37. The number of piperidine rings is 1. The Balaban J connectivity index is 1.58. The number of H-pyrrole nitrogens is 1. The van der Waals surface area contributed by atoms with Crippen LogP contribution in [0, 0.1) is 0 Å². The summed E-state index contributed by atoms with van der Waals surface area (Å²) in [6.07, 6.45) is 9.10. The molecule has 6 heteroatoms. The Labute approximate surface area is 141 Å². The minimum atomic E-state index is 0.0946. The number of hydrogen-bond acceptors (Lipinski definition) is 4. The maximum atomic E-state index is 13.1. The van der Waals surface area contributed by atoms with Gasteiger partial charge in [-0.05, 0) is 50.3 Å². The van der Waals surface area contributed by atoms with Crippen molar-refractivity contribution in [1.29, 1.82) is 0 Å². The van der Waals surface area contributed by atoms with Gasteiger partial charge in [0.05, 0.1) is 11.7 Å². The van der Waals surface area contributed by atoms with Crippen molar-refractivity contribution in [2.45, 2.75) is 38.1 Å². The molecule has 0 bridgehead atoms. The highest BCUT2D eigenvalue weighted by atomic mass is 16.2. The molecule has 6 nitrogen and oxygen atoms in total. The predicted molar refractivity (Wildman–Crippen MR) is 91.9 cm³/mol. The molecule has 126 valence electrons. The number of anilines is 1. The van der Waals surface area contributed by atoms with Gasteiger partial charge in [-0.3, -0.25) is 9.89 Å². The number of likely N-dealkylation sites (tertiary alicyclic amines) is 1. The van der Waals surface area contributed by atoms with Gasteiger partial charge in [0.1, 0.15) is 5.82 Å². The average Bonchev–Trinajstić information content (AvgIpc) is 3.35. The first kappa shape index (κ1) is 15.2. The molecule has 2 aromatic rings. The molecule has 0 unspecified atom stereocenters. The van der Waals surface area contributed by atoms with E-state index in [1.54, 1.807) is 12.4 Å². The van der Waals surface area contributed by atoms with Crippen LogP contribution in [-0.2, 0) is 0 Å². The van der Waals surface area contributed by atoms with Crippen LogP contribution in [0.3, 0.4) is 0 Å². The minimum Gasteiger partial charge on any atom is -0.357 e. The fraction of sp³-hybridized carbons (Fsp3) is 0.500. The van der Waals surface area contributed by atoms with Gasteiger partial charge in [-0.15, -0.1) is 0 Å². The second-order valence-corrected chi connectivity index (χ2v) is 6.62. The molecule has 0 aliphatic carbocycles. The van der Waals surface area contributed by atoms with E-state index in [2.05, 4.69) is 20.1 Å². The molecule has 2 fully saturated rings. The lowest BCUT2D eigenvalue weighted by Crippen LogP contribution is -2.38. The van der Waals surface area contributed by atoms with Crippen LogP contribution in [0.25, 0.3) is 0 Å². The van der Waals surface area contributed by atoms with E-state index in [1.165, 1.54) is 12.8 Å². The molecule has 2 aromatic heterocycles. The van der Waals surface area contributed by atoms with Crippen LogP contribution in [0.5, 0.6) is 0 Å². The van der Waals surface area contributed by atoms with E-state index < -0.39 is 0 Å². The van der Waals surface area contributed by atoms with Crippen molar-refractivity contribution >= 4 is 11.7 Å². The minimum absolute atomic E-state index is 0.0946. The van der Waals surface area contributed by atoms with Crippen LogP contribution >= 0.6 is 0 Å². The normalized spacial score (nSPS) is 21.2. The maximum absolute atomic E-state index is 13.1. The largest absolute Gasteiger partial charge is 0.357 e. The lowest BCUT2D eigenvalue weighted by molar-refractivity contribution is 0.0606. The van der Waals surface area contributed by atoms with E-state index >= 15 is 0 Å². The van der Waals surface area contributed by atoms with Crippen LogP contribution in [0.1, 0.15) is 54.2 Å². The van der Waals surface area contributed by atoms with E-state index in [0.717, 1.165) is 56.0 Å². The summed E-state index contributed by atoms with van der Waals surface area (Å²) in [4.78, 5) is 21.8. The summed E-state index contributed by atoms with van der Waals surface area (Å²) in [5.41, 5.74) is 1.76. The van der Waals surface area contributed by atoms with Crippen LogP contribution in [0.15, 0.2) is 30.6 Å². The fourth-order valence-electron chi connectivity index (χ4n) is 3.79. The highest BCUT2D eigenvalue weighted by molar-refractivity contribution is 5.95. The zero-order chi connectivity index (χ0) is 16.4. The average molecular weight is 325 g/mol. The number of rotatable bonds is 3. The molecule has 2 aliphatic heterocycles. The van der Waals surface area contributed by atoms with Crippen molar-refractivity contribution in [2.75, 3.05) is 24.5 Å². The molecule has 2 aliphatic rings. The van der Waals surface area contributed by atoms with E-state index in [1.807, 2.05) is 23.1 Å². The molecule has 1 atom stereocenters. The van der Waals surface area contributed by atoms with Crippen LogP contribution in [0.2, 0.25) is 0 Å². The number of nitrogens with zero attached hydrogens (tertiary/aromatic N) is 4. The molecule has 0 aromatic carbocycles. The van der Waals surface area contributed by atoms with Crippen LogP contribution < -0.4 is 4.90 Å². The molecule has 24 heavy (non-hydrogen) atoms. The first-order valence-corrected chi connectivity index (χ1v) is 8.84. The van der Waals surface area contributed by atoms with Crippen LogP contribution in [0.4, 0.5) is 5.82 Å². The summed E-state index contributed by atoms with van der Waals surface area (Å²) in [5, 5.41) is 7.09. The fourth-order valence-corrected chi connectivity index (χ4v) is 3.79. The van der Waals surface area contributed by atoms with Gasteiger partial charge in [0.2, 0.25) is 0 Å². The molecular weight excluding hydrogens is 302 g/mol. The van der Waals surface area contributed by atoms with E-state index in [9.17, 15) is 4.79 Å². The SMILES string of the molecule is O=C(c1ccnc(N2CCCC2)c1)N1CCCC[C@@H]1c1ccn[nH]1. The van der Waals surface area contributed by atoms with E-state index in [-0.39, 0.29) is 11.9 Å². The summed E-state index contributed by atoms with van der Waals surface area (Å²) in [5.74, 6) is 1.02. The van der Waals surface area contributed by atoms with Gasteiger partial charge in [-0.25, -0.2) is 4.98 Å². The zero-order valence-electron chi connectivity index (χ0n) is 13.8. The lowest BCUT2D eigenvalue weighted by Gasteiger charge is -2.35. The third-order valence-electron chi connectivity index (χ3n) is 5.07. The molecule has 4 heterocycles. The Morgan fingerprint density at radius 3 is 2.71 bits per heavy atom. The Morgan fingerprint density at radius 1 is 1.08 bits per heavy atom. The van der Waals surface area contributed by atoms with Crippen molar-refractivity contribution in [3.63, 3.8) is 0 Å². The summed E-state index contributed by atoms with van der Waals surface area (Å²) >= 11 is 0. The monoisotopic (exact) mass is 325 g/mol. The summed E-state index contributed by atoms with van der Waals surface area (Å²) in [6.45, 7) is 2.86. The van der Waals surface area contributed by atoms with Crippen molar-refractivity contribution in [1.82, 2.24) is 20.1 Å². The highest BCUT2D eigenvalue weighted by Gasteiger charge is 2.30. The van der Waals surface area contributed by atoms with Crippen molar-refractivity contribution in [2.24, 2.45) is 0 Å². The smallest absolute Gasteiger partial charge is 0.254 e. The van der Waals surface area contributed by atoms with Crippen LogP contribution in [-0.4, -0.2) is 45.6 Å². The number of nitrogens with one attached hydrogen (secondary N) is 1. The second-order valence-electron chi connectivity index (χ2n) is 6.62. The number of carbonyl (C=O) groups is 1. The summed E-state index contributed by atoms with van der Waals surface area (Å²) in [6, 6.07) is 5.85. The van der Waals surface area contributed by atoms with Crippen molar-refractivity contribution in [3.8, 4) is 0 Å². The Morgan fingerprint density at radius 2 is 1.92 bits per heavy atom. The third kappa shape index (κ3) is 2.88. The van der Waals surface area contributed by atoms with Gasteiger partial charge in [-0.1, -0.05) is 0 Å². The zero-order valence-corrected chi connectivity index (χ0v) is 13.8. The first-order chi connectivity index (χ1) is 11.8. The van der Waals surface area contributed by atoms with E-state index in [0.29, 0.717) is 0 Å². The van der Waals surface area contributed by atoms with Gasteiger partial charge >= 0.3 is 0 Å². The lowest BCUT2D eigenvalue weighted by atomic mass is 9.98. The van der Waals surface area contributed by atoms with Crippen molar-refractivity contribution in [3.05, 3.63) is 41.9 Å². The standard InChI is InChI=1S/C18H23N5O/c24-18(14-6-8-19-17(13-14)22-10-3-4-11-22)23-12-2-1-5-16(23)15-7-9-20-21-15/h6-9,13,16H,1-5,10-12H2,(H,20,21)/t16-/m1/s1. The molecule has 1 N–H and O–H groups in total.